The van der Waals surface area contributed by atoms with Gasteiger partial charge in [0.2, 0.25) is 0 Å². The van der Waals surface area contributed by atoms with E-state index in [2.05, 4.69) is 4.74 Å². The highest BCUT2D eigenvalue weighted by Crippen LogP contribution is 2.39. The molecule has 3 nitrogen and oxygen atoms in total. The summed E-state index contributed by atoms with van der Waals surface area (Å²) >= 11 is 5.53. The van der Waals surface area contributed by atoms with Crippen LogP contribution in [0.25, 0.3) is 0 Å². The van der Waals surface area contributed by atoms with Crippen molar-refractivity contribution in [1.29, 1.82) is 5.26 Å². The zero-order valence-electron chi connectivity index (χ0n) is 9.14. The third-order valence-corrected chi connectivity index (χ3v) is 2.59. The third kappa shape index (κ3) is 2.93. The number of carbonyl (C=O) groups is 1. The number of hydrogen-bond acceptors (Lipinski definition) is 3. The summed E-state index contributed by atoms with van der Waals surface area (Å²) in [6.07, 6.45) is -5.30. The Labute approximate surface area is 106 Å². The molecule has 1 rings (SSSR count). The van der Waals surface area contributed by atoms with Crippen LogP contribution in [0.5, 0.6) is 0 Å². The van der Waals surface area contributed by atoms with Gasteiger partial charge in [-0.05, 0) is 11.6 Å². The van der Waals surface area contributed by atoms with Gasteiger partial charge in [0.1, 0.15) is 6.07 Å². The Balaban J connectivity index is 3.40. The van der Waals surface area contributed by atoms with E-state index in [9.17, 15) is 18.0 Å². The number of benzene rings is 1. The summed E-state index contributed by atoms with van der Waals surface area (Å²) in [5, 5.41) is 7.93. The van der Waals surface area contributed by atoms with Crippen LogP contribution < -0.4 is 0 Å². The second kappa shape index (κ2) is 5.27. The minimum atomic E-state index is -4.74. The Bertz CT molecular complexity index is 520. The van der Waals surface area contributed by atoms with Gasteiger partial charge >= 0.3 is 12.1 Å². The van der Waals surface area contributed by atoms with E-state index in [-0.39, 0.29) is 11.1 Å². The van der Waals surface area contributed by atoms with Crippen molar-refractivity contribution < 1.29 is 22.7 Å². The topological polar surface area (TPSA) is 50.1 Å². The Morgan fingerprint density at radius 2 is 2.11 bits per heavy atom. The predicted octanol–water partition coefficient (Wildman–Crippen LogP) is 2.95. The fraction of sp³-hybridized carbons (Fsp3) is 0.273. The van der Waals surface area contributed by atoms with Crippen LogP contribution in [0.2, 0.25) is 5.02 Å². The highest BCUT2D eigenvalue weighted by Gasteiger charge is 2.37. The van der Waals surface area contributed by atoms with Gasteiger partial charge in [0.15, 0.2) is 0 Å². The minimum absolute atomic E-state index is 0.294. The predicted molar refractivity (Wildman–Crippen MR) is 56.9 cm³/mol. The second-order valence-corrected chi connectivity index (χ2v) is 3.70. The van der Waals surface area contributed by atoms with E-state index >= 15 is 0 Å². The molecule has 0 bridgehead atoms. The molecule has 0 aliphatic rings. The Morgan fingerprint density at radius 1 is 1.50 bits per heavy atom. The summed E-state index contributed by atoms with van der Waals surface area (Å²) < 4.78 is 42.8. The molecule has 0 unspecified atom stereocenters. The molecule has 0 saturated carbocycles. The van der Waals surface area contributed by atoms with Crippen LogP contribution in [-0.4, -0.2) is 13.1 Å². The van der Waals surface area contributed by atoms with E-state index < -0.39 is 29.2 Å². The van der Waals surface area contributed by atoms with Crippen molar-refractivity contribution >= 4 is 17.6 Å². The van der Waals surface area contributed by atoms with Gasteiger partial charge in [-0.25, -0.2) is 0 Å². The molecule has 0 radical (unpaired) electrons. The summed E-state index contributed by atoms with van der Waals surface area (Å²) in [7, 11) is 1.07. The average molecular weight is 278 g/mol. The van der Waals surface area contributed by atoms with Gasteiger partial charge in [0, 0.05) is 0 Å². The largest absolute Gasteiger partial charge is 0.469 e. The van der Waals surface area contributed by atoms with Gasteiger partial charge in [-0.2, -0.15) is 18.4 Å². The van der Waals surface area contributed by atoms with Crippen molar-refractivity contribution in [2.75, 3.05) is 7.11 Å². The van der Waals surface area contributed by atoms with Crippen molar-refractivity contribution in [3.05, 3.63) is 33.8 Å². The number of halogens is 4. The number of ether oxygens (including phenoxy) is 1. The first kappa shape index (κ1) is 14.3. The van der Waals surface area contributed by atoms with E-state index in [1.54, 1.807) is 6.07 Å². The summed E-state index contributed by atoms with van der Waals surface area (Å²) in [5.41, 5.74) is -1.79. The molecule has 18 heavy (non-hydrogen) atoms. The number of esters is 1. The van der Waals surface area contributed by atoms with Crippen molar-refractivity contribution in [1.82, 2.24) is 0 Å². The smallest absolute Gasteiger partial charge is 0.418 e. The molecule has 0 amide bonds. The number of hydrogen-bond donors (Lipinski definition) is 0. The molecule has 0 fully saturated rings. The quantitative estimate of drug-likeness (QED) is 0.781. The number of nitriles is 1. The molecule has 0 N–H and O–H groups in total. The monoisotopic (exact) mass is 277 g/mol. The van der Waals surface area contributed by atoms with E-state index in [4.69, 9.17) is 16.9 Å². The van der Waals surface area contributed by atoms with E-state index in [1.807, 2.05) is 0 Å². The molecule has 7 heteroatoms. The SMILES string of the molecule is COC(=O)Cc1ccc(C#N)c(Cl)c1C(F)(F)F. The number of alkyl halides is 3. The fourth-order valence-electron chi connectivity index (χ4n) is 1.38. The zero-order valence-corrected chi connectivity index (χ0v) is 9.89. The molecule has 0 atom stereocenters. The number of methoxy groups -OCH3 is 1. The molecular formula is C11H7ClF3NO2. The first-order valence-corrected chi connectivity index (χ1v) is 5.04. The molecule has 0 heterocycles. The summed E-state index contributed by atoms with van der Waals surface area (Å²) in [4.78, 5) is 11.0. The van der Waals surface area contributed by atoms with E-state index in [0.717, 1.165) is 19.2 Å². The van der Waals surface area contributed by atoms with Crippen LogP contribution in [0.3, 0.4) is 0 Å². The Kier molecular flexibility index (Phi) is 4.19. The Hall–Kier alpha value is -1.74. The maximum Gasteiger partial charge on any atom is 0.418 e. The lowest BCUT2D eigenvalue weighted by Gasteiger charge is -2.14. The molecule has 1 aromatic carbocycles. The van der Waals surface area contributed by atoms with E-state index in [0.29, 0.717) is 0 Å². The number of nitrogens with zero attached hydrogens (tertiary/aromatic N) is 1. The third-order valence-electron chi connectivity index (χ3n) is 2.19. The lowest BCUT2D eigenvalue weighted by Crippen LogP contribution is -2.14. The normalized spacial score (nSPS) is 10.9. The van der Waals surface area contributed by atoms with Gasteiger partial charge in [0.25, 0.3) is 0 Å². The first-order chi connectivity index (χ1) is 8.31. The van der Waals surface area contributed by atoms with Crippen molar-refractivity contribution in [2.45, 2.75) is 12.6 Å². The van der Waals surface area contributed by atoms with Crippen molar-refractivity contribution in [3.8, 4) is 6.07 Å². The van der Waals surface area contributed by atoms with Crippen LogP contribution in [0.1, 0.15) is 16.7 Å². The van der Waals surface area contributed by atoms with Crippen molar-refractivity contribution in [3.63, 3.8) is 0 Å². The summed E-state index contributed by atoms with van der Waals surface area (Å²) in [6.45, 7) is 0. The average Bonchev–Trinajstić information content (AvgIpc) is 2.27. The van der Waals surface area contributed by atoms with Crippen LogP contribution in [-0.2, 0) is 22.1 Å². The number of carbonyl (C=O) groups excluding carboxylic acids is 1. The molecule has 0 spiro atoms. The van der Waals surface area contributed by atoms with Gasteiger partial charge in [-0.1, -0.05) is 17.7 Å². The maximum absolute atomic E-state index is 12.8. The molecule has 96 valence electrons. The molecule has 0 aromatic heterocycles. The molecule has 0 saturated heterocycles. The lowest BCUT2D eigenvalue weighted by molar-refractivity contribution is -0.141. The van der Waals surface area contributed by atoms with Crippen LogP contribution >= 0.6 is 11.6 Å². The number of rotatable bonds is 2. The maximum atomic E-state index is 12.8. The van der Waals surface area contributed by atoms with Gasteiger partial charge in [-0.3, -0.25) is 4.79 Å². The second-order valence-electron chi connectivity index (χ2n) is 3.32. The lowest BCUT2D eigenvalue weighted by atomic mass is 10.0. The fourth-order valence-corrected chi connectivity index (χ4v) is 1.72. The standard InChI is InChI=1S/C11H7ClF3NO2/c1-18-8(17)4-6-2-3-7(5-16)10(12)9(6)11(13,14)15/h2-3H,4H2,1H3. The van der Waals surface area contributed by atoms with Gasteiger partial charge in [-0.15, -0.1) is 0 Å². The summed E-state index contributed by atoms with van der Waals surface area (Å²) in [6, 6.07) is 3.73. The molecule has 0 aliphatic carbocycles. The minimum Gasteiger partial charge on any atom is -0.469 e. The molecule has 0 aliphatic heterocycles. The highest BCUT2D eigenvalue weighted by molar-refractivity contribution is 6.32. The zero-order chi connectivity index (χ0) is 13.9. The van der Waals surface area contributed by atoms with Gasteiger partial charge < -0.3 is 4.74 Å². The molecule has 1 aromatic rings. The first-order valence-electron chi connectivity index (χ1n) is 4.66. The highest BCUT2D eigenvalue weighted by atomic mass is 35.5. The van der Waals surface area contributed by atoms with Crippen LogP contribution in [0.15, 0.2) is 12.1 Å². The molecular weight excluding hydrogens is 271 g/mol. The van der Waals surface area contributed by atoms with Gasteiger partial charge in [0.05, 0.1) is 29.7 Å². The summed E-state index contributed by atoms with van der Waals surface area (Å²) in [5.74, 6) is -0.818. The van der Waals surface area contributed by atoms with Crippen LogP contribution in [0, 0.1) is 11.3 Å². The van der Waals surface area contributed by atoms with Crippen molar-refractivity contribution in [2.24, 2.45) is 0 Å². The van der Waals surface area contributed by atoms with Crippen LogP contribution in [0.4, 0.5) is 13.2 Å². The Morgan fingerprint density at radius 3 is 2.56 bits per heavy atom. The van der Waals surface area contributed by atoms with E-state index in [1.165, 1.54) is 0 Å².